The number of hydrogen-bond donors (Lipinski definition) is 1. The van der Waals surface area contributed by atoms with Gasteiger partial charge in [0.25, 0.3) is 0 Å². The van der Waals surface area contributed by atoms with Crippen molar-refractivity contribution < 1.29 is 0 Å². The Kier molecular flexibility index (Phi) is 19.2. The highest BCUT2D eigenvalue weighted by atomic mass is 32.2. The number of hydrogen-bond acceptors (Lipinski definition) is 2. The highest BCUT2D eigenvalue weighted by Gasteiger charge is 2.09. The summed E-state index contributed by atoms with van der Waals surface area (Å²) in [4.78, 5) is 1.26. The van der Waals surface area contributed by atoms with Gasteiger partial charge in [-0.3, -0.25) is 0 Å². The van der Waals surface area contributed by atoms with Gasteiger partial charge in [0, 0.05) is 10.9 Å². The van der Waals surface area contributed by atoms with Gasteiger partial charge < -0.3 is 5.32 Å². The third-order valence-electron chi connectivity index (χ3n) is 2.69. The van der Waals surface area contributed by atoms with Gasteiger partial charge in [0.15, 0.2) is 0 Å². The second kappa shape index (κ2) is 17.5. The van der Waals surface area contributed by atoms with E-state index in [1.165, 1.54) is 30.7 Å². The van der Waals surface area contributed by atoms with Crippen LogP contribution in [0.25, 0.3) is 0 Å². The van der Waals surface area contributed by atoms with Crippen LogP contribution in [0, 0.1) is 0 Å². The van der Waals surface area contributed by atoms with E-state index in [1.54, 1.807) is 11.8 Å². The number of rotatable bonds is 5. The zero-order valence-corrected chi connectivity index (χ0v) is 14.4. The standard InChI is InChI=1S/C9H14S.C6H13N.C2H6/c1-4-6-8-9(10-3)7-5-2;1-2-6-4-3-5-7-6;1-2/h5-8H,2,4H2,1,3H3;6-7H,2-5H2,1H3;1-2H3/b8-6-,9-7+;;/t;6-;/m.0./s1. The molecule has 1 nitrogen and oxygen atoms in total. The Balaban J connectivity index is 0. The van der Waals surface area contributed by atoms with Gasteiger partial charge in [-0.15, -0.1) is 11.8 Å². The Morgan fingerprint density at radius 2 is 2.05 bits per heavy atom. The van der Waals surface area contributed by atoms with Gasteiger partial charge >= 0.3 is 0 Å². The summed E-state index contributed by atoms with van der Waals surface area (Å²) < 4.78 is 0. The zero-order valence-electron chi connectivity index (χ0n) is 13.5. The molecule has 0 radical (unpaired) electrons. The number of thioether (sulfide) groups is 1. The zero-order chi connectivity index (χ0) is 14.9. The first-order valence-corrected chi connectivity index (χ1v) is 8.77. The normalized spacial score (nSPS) is 18.4. The second-order valence-corrected chi connectivity index (χ2v) is 4.90. The summed E-state index contributed by atoms with van der Waals surface area (Å²) in [5.41, 5.74) is 0. The first kappa shape index (κ1) is 20.8. The third-order valence-corrected chi connectivity index (χ3v) is 3.43. The molecule has 0 amide bonds. The van der Waals surface area contributed by atoms with E-state index >= 15 is 0 Å². The van der Waals surface area contributed by atoms with Crippen molar-refractivity contribution in [2.45, 2.75) is 59.4 Å². The van der Waals surface area contributed by atoms with E-state index in [-0.39, 0.29) is 0 Å². The molecule has 0 saturated carbocycles. The van der Waals surface area contributed by atoms with E-state index < -0.39 is 0 Å². The monoisotopic (exact) mass is 283 g/mol. The van der Waals surface area contributed by atoms with Crippen molar-refractivity contribution in [3.8, 4) is 0 Å². The molecule has 0 aliphatic carbocycles. The van der Waals surface area contributed by atoms with Gasteiger partial charge in [-0.1, -0.05) is 52.5 Å². The van der Waals surface area contributed by atoms with Crippen LogP contribution in [-0.4, -0.2) is 18.8 Å². The van der Waals surface area contributed by atoms with Gasteiger partial charge in [-0.2, -0.15) is 0 Å². The predicted octanol–water partition coefficient (Wildman–Crippen LogP) is 5.56. The number of nitrogens with one attached hydrogen (secondary N) is 1. The van der Waals surface area contributed by atoms with Gasteiger partial charge in [0.1, 0.15) is 0 Å². The summed E-state index contributed by atoms with van der Waals surface area (Å²) in [6.07, 6.45) is 15.3. The van der Waals surface area contributed by atoms with Crippen molar-refractivity contribution in [1.82, 2.24) is 5.32 Å². The molecule has 19 heavy (non-hydrogen) atoms. The largest absolute Gasteiger partial charge is 0.314 e. The van der Waals surface area contributed by atoms with E-state index in [1.807, 2.05) is 26.0 Å². The van der Waals surface area contributed by atoms with E-state index in [9.17, 15) is 0 Å². The first-order chi connectivity index (χ1) is 9.28. The average molecular weight is 284 g/mol. The molecule has 1 atom stereocenters. The summed E-state index contributed by atoms with van der Waals surface area (Å²) in [6.45, 7) is 13.2. The minimum absolute atomic E-state index is 0.847. The molecule has 1 heterocycles. The van der Waals surface area contributed by atoms with Crippen LogP contribution in [0.2, 0.25) is 0 Å². The van der Waals surface area contributed by atoms with Crippen LogP contribution >= 0.6 is 11.8 Å². The Hall–Kier alpha value is -0.470. The topological polar surface area (TPSA) is 12.0 Å². The second-order valence-electron chi connectivity index (χ2n) is 4.02. The van der Waals surface area contributed by atoms with E-state index in [0.717, 1.165) is 12.5 Å². The van der Waals surface area contributed by atoms with Crippen LogP contribution in [0.4, 0.5) is 0 Å². The van der Waals surface area contributed by atoms with E-state index in [2.05, 4.69) is 44.2 Å². The molecule has 1 saturated heterocycles. The molecule has 0 spiro atoms. The van der Waals surface area contributed by atoms with Crippen molar-refractivity contribution in [2.24, 2.45) is 0 Å². The van der Waals surface area contributed by atoms with Crippen LogP contribution in [0.1, 0.15) is 53.4 Å². The summed E-state index contributed by atoms with van der Waals surface area (Å²) in [5, 5.41) is 3.41. The highest BCUT2D eigenvalue weighted by Crippen LogP contribution is 2.12. The maximum Gasteiger partial charge on any atom is 0.00657 e. The van der Waals surface area contributed by atoms with E-state index in [0.29, 0.717) is 0 Å². The molecule has 1 rings (SSSR count). The van der Waals surface area contributed by atoms with E-state index in [4.69, 9.17) is 0 Å². The fraction of sp³-hybridized carbons (Fsp3) is 0.647. The molecular weight excluding hydrogens is 250 g/mol. The Bertz CT molecular complexity index is 238. The van der Waals surface area contributed by atoms with Gasteiger partial charge in [0.2, 0.25) is 0 Å². The molecule has 1 N–H and O–H groups in total. The fourth-order valence-electron chi connectivity index (χ4n) is 1.65. The van der Waals surface area contributed by atoms with Crippen LogP contribution in [0.5, 0.6) is 0 Å². The van der Waals surface area contributed by atoms with Crippen molar-refractivity contribution >= 4 is 11.8 Å². The van der Waals surface area contributed by atoms with Crippen molar-refractivity contribution in [3.05, 3.63) is 35.8 Å². The molecule has 1 aliphatic rings. The number of allylic oxidation sites excluding steroid dienone is 4. The summed E-state index contributed by atoms with van der Waals surface area (Å²) in [7, 11) is 0. The molecule has 0 aromatic heterocycles. The minimum Gasteiger partial charge on any atom is -0.314 e. The molecule has 0 aromatic rings. The predicted molar refractivity (Wildman–Crippen MR) is 93.9 cm³/mol. The lowest BCUT2D eigenvalue weighted by molar-refractivity contribution is 0.587. The summed E-state index contributed by atoms with van der Waals surface area (Å²) >= 11 is 1.74. The fourth-order valence-corrected chi connectivity index (χ4v) is 2.11. The van der Waals surface area contributed by atoms with Gasteiger partial charge in [-0.05, 0) is 44.6 Å². The van der Waals surface area contributed by atoms with Gasteiger partial charge in [0.05, 0.1) is 0 Å². The molecule has 0 unspecified atom stereocenters. The molecule has 0 aromatic carbocycles. The van der Waals surface area contributed by atoms with Crippen molar-refractivity contribution in [3.63, 3.8) is 0 Å². The molecule has 112 valence electrons. The lowest BCUT2D eigenvalue weighted by Crippen LogP contribution is -2.19. The molecular formula is C17H33NS. The lowest BCUT2D eigenvalue weighted by Gasteiger charge is -2.02. The van der Waals surface area contributed by atoms with Crippen LogP contribution in [-0.2, 0) is 0 Å². The SMILES string of the molecule is C=C/C=C(\C=C/CC)SC.CC.CC[C@H]1CCCN1. The summed E-state index contributed by atoms with van der Waals surface area (Å²) in [5.74, 6) is 0. The minimum atomic E-state index is 0.847. The molecule has 0 bridgehead atoms. The Morgan fingerprint density at radius 1 is 1.37 bits per heavy atom. The quantitative estimate of drug-likeness (QED) is 0.663. The Labute approximate surface area is 125 Å². The maximum absolute atomic E-state index is 3.63. The molecule has 1 aliphatic heterocycles. The molecule has 2 heteroatoms. The third kappa shape index (κ3) is 13.8. The van der Waals surface area contributed by atoms with Crippen LogP contribution in [0.3, 0.4) is 0 Å². The highest BCUT2D eigenvalue weighted by molar-refractivity contribution is 8.02. The van der Waals surface area contributed by atoms with Crippen LogP contribution in [0.15, 0.2) is 35.8 Å². The lowest BCUT2D eigenvalue weighted by atomic mass is 10.2. The van der Waals surface area contributed by atoms with Crippen LogP contribution < -0.4 is 5.32 Å². The van der Waals surface area contributed by atoms with Gasteiger partial charge in [-0.25, -0.2) is 0 Å². The average Bonchev–Trinajstić information content (AvgIpc) is 2.99. The Morgan fingerprint density at radius 3 is 2.37 bits per heavy atom. The first-order valence-electron chi connectivity index (χ1n) is 7.55. The smallest absolute Gasteiger partial charge is 0.00657 e. The maximum atomic E-state index is 3.63. The molecule has 1 fully saturated rings. The van der Waals surface area contributed by atoms with Crippen molar-refractivity contribution in [2.75, 3.05) is 12.8 Å². The summed E-state index contributed by atoms with van der Waals surface area (Å²) in [6, 6.07) is 0.847. The van der Waals surface area contributed by atoms with Crippen molar-refractivity contribution in [1.29, 1.82) is 0 Å².